The fraction of sp³-hybridized carbons (Fsp3) is 0.400. The summed E-state index contributed by atoms with van der Waals surface area (Å²) in [7, 11) is 0. The third-order valence-electron chi connectivity index (χ3n) is 3.88. The van der Waals surface area contributed by atoms with Crippen LogP contribution in [0, 0.1) is 11.3 Å². The van der Waals surface area contributed by atoms with E-state index < -0.39 is 0 Å². The fourth-order valence-corrected chi connectivity index (χ4v) is 2.84. The first-order chi connectivity index (χ1) is 10.3. The van der Waals surface area contributed by atoms with E-state index in [1.807, 2.05) is 30.6 Å². The van der Waals surface area contributed by atoms with Crippen molar-refractivity contribution in [3.63, 3.8) is 0 Å². The van der Waals surface area contributed by atoms with Crippen LogP contribution in [0.2, 0.25) is 0 Å². The number of amides is 1. The number of rotatable bonds is 3. The van der Waals surface area contributed by atoms with E-state index in [0.29, 0.717) is 0 Å². The number of nitriles is 1. The van der Waals surface area contributed by atoms with E-state index in [1.54, 1.807) is 0 Å². The van der Waals surface area contributed by atoms with Crippen LogP contribution in [0.15, 0.2) is 24.5 Å². The van der Waals surface area contributed by atoms with Crippen LogP contribution in [0.4, 0.5) is 5.69 Å². The molecule has 21 heavy (non-hydrogen) atoms. The molecule has 1 fully saturated rings. The molecule has 0 unspecified atom stereocenters. The normalized spacial score (nSPS) is 15.9. The number of carbonyl (C=O) groups is 1. The molecular formula is C15H17N5O. The Kier molecular flexibility index (Phi) is 3.73. The van der Waals surface area contributed by atoms with Crippen molar-refractivity contribution < 1.29 is 4.79 Å². The van der Waals surface area contributed by atoms with Crippen LogP contribution in [-0.2, 0) is 4.79 Å². The molecule has 3 heterocycles. The maximum Gasteiger partial charge on any atom is 0.234 e. The highest BCUT2D eigenvalue weighted by Gasteiger charge is 2.22. The molecule has 6 heteroatoms. The maximum absolute atomic E-state index is 11.4. The van der Waals surface area contributed by atoms with Crippen LogP contribution in [0.3, 0.4) is 0 Å². The number of anilines is 1. The number of aromatic amines is 1. The predicted molar refractivity (Wildman–Crippen MR) is 79.7 cm³/mol. The number of H-pyrrole nitrogens is 1. The molecule has 2 aromatic heterocycles. The van der Waals surface area contributed by atoms with E-state index in [9.17, 15) is 4.79 Å². The average Bonchev–Trinajstić information content (AvgIpc) is 2.97. The molecule has 0 atom stereocenters. The van der Waals surface area contributed by atoms with Crippen molar-refractivity contribution in [3.8, 4) is 6.07 Å². The number of carbonyl (C=O) groups excluding carboxylic acids is 1. The van der Waals surface area contributed by atoms with Crippen molar-refractivity contribution in [2.75, 3.05) is 18.0 Å². The molecule has 0 aliphatic carbocycles. The second kappa shape index (κ2) is 5.83. The van der Waals surface area contributed by atoms with Gasteiger partial charge >= 0.3 is 0 Å². The molecule has 0 saturated carbocycles. The van der Waals surface area contributed by atoms with E-state index in [0.717, 1.165) is 37.0 Å². The lowest BCUT2D eigenvalue weighted by Gasteiger charge is -2.34. The van der Waals surface area contributed by atoms with Crippen molar-refractivity contribution in [1.29, 1.82) is 5.26 Å². The predicted octanol–water partition coefficient (Wildman–Crippen LogP) is 1.56. The summed E-state index contributed by atoms with van der Waals surface area (Å²) >= 11 is 0. The van der Waals surface area contributed by atoms with Crippen molar-refractivity contribution in [2.24, 2.45) is 0 Å². The van der Waals surface area contributed by atoms with Gasteiger partial charge in [0.05, 0.1) is 6.07 Å². The number of piperidine rings is 1. The highest BCUT2D eigenvalue weighted by atomic mass is 16.1. The molecule has 2 N–H and O–H groups in total. The van der Waals surface area contributed by atoms with Gasteiger partial charge in [-0.15, -0.1) is 0 Å². The molecule has 108 valence electrons. The van der Waals surface area contributed by atoms with Crippen LogP contribution in [-0.4, -0.2) is 35.0 Å². The van der Waals surface area contributed by atoms with Gasteiger partial charge in [0.25, 0.3) is 0 Å². The molecule has 0 aromatic carbocycles. The molecule has 3 rings (SSSR count). The average molecular weight is 283 g/mol. The molecule has 1 amide bonds. The van der Waals surface area contributed by atoms with E-state index in [4.69, 9.17) is 5.26 Å². The molecule has 2 aromatic rings. The number of nitrogens with one attached hydrogen (secondary N) is 2. The van der Waals surface area contributed by atoms with E-state index in [1.165, 1.54) is 5.69 Å². The number of pyridine rings is 1. The molecule has 6 nitrogen and oxygen atoms in total. The molecule has 1 aliphatic heterocycles. The first-order valence-electron chi connectivity index (χ1n) is 7.11. The quantitative estimate of drug-likeness (QED) is 0.895. The number of fused-ring (bicyclic) bond motifs is 1. The van der Waals surface area contributed by atoms with Gasteiger partial charge in [0, 0.05) is 42.6 Å². The number of hydrogen-bond donors (Lipinski definition) is 2. The Bertz CT molecular complexity index is 679. The lowest BCUT2D eigenvalue weighted by molar-refractivity contribution is -0.120. The maximum atomic E-state index is 11.4. The summed E-state index contributed by atoms with van der Waals surface area (Å²) in [5.74, 6) is -0.173. The van der Waals surface area contributed by atoms with Crippen molar-refractivity contribution in [2.45, 2.75) is 25.3 Å². The third kappa shape index (κ3) is 2.82. The van der Waals surface area contributed by atoms with E-state index >= 15 is 0 Å². The summed E-state index contributed by atoms with van der Waals surface area (Å²) in [6.07, 6.45) is 5.44. The van der Waals surface area contributed by atoms with Crippen molar-refractivity contribution in [3.05, 3.63) is 24.5 Å². The smallest absolute Gasteiger partial charge is 0.234 e. The number of aromatic nitrogens is 2. The van der Waals surface area contributed by atoms with Crippen molar-refractivity contribution in [1.82, 2.24) is 15.3 Å². The Labute approximate surface area is 122 Å². The van der Waals surface area contributed by atoms with E-state index in [2.05, 4.69) is 20.2 Å². The minimum Gasteiger partial charge on any atom is -0.371 e. The van der Waals surface area contributed by atoms with Gasteiger partial charge in [-0.25, -0.2) is 4.98 Å². The van der Waals surface area contributed by atoms with Gasteiger partial charge in [-0.1, -0.05) is 0 Å². The Balaban J connectivity index is 1.65. The zero-order valence-electron chi connectivity index (χ0n) is 11.7. The standard InChI is InChI=1S/C15H17N5O/c16-6-1-14(21)19-11-4-9-20(10-5-11)13-3-8-18-15-12(13)2-7-17-15/h2-3,7-8,11H,1,4-5,9-10H2,(H,17,18)(H,19,21). The van der Waals surface area contributed by atoms with Gasteiger partial charge < -0.3 is 15.2 Å². The van der Waals surface area contributed by atoms with Crippen molar-refractivity contribution >= 4 is 22.6 Å². The fourth-order valence-electron chi connectivity index (χ4n) is 2.84. The second-order valence-electron chi connectivity index (χ2n) is 5.23. The SMILES string of the molecule is N#CCC(=O)NC1CCN(c2ccnc3[nH]ccc23)CC1. The molecular weight excluding hydrogens is 266 g/mol. The minimum absolute atomic E-state index is 0.0610. The van der Waals surface area contributed by atoms with Gasteiger partial charge in [0.2, 0.25) is 5.91 Å². The second-order valence-corrected chi connectivity index (χ2v) is 5.23. The largest absolute Gasteiger partial charge is 0.371 e. The van der Waals surface area contributed by atoms with Gasteiger partial charge in [-0.3, -0.25) is 4.79 Å². The Hall–Kier alpha value is -2.55. The summed E-state index contributed by atoms with van der Waals surface area (Å²) in [6, 6.07) is 6.12. The Morgan fingerprint density at radius 2 is 2.29 bits per heavy atom. The lowest BCUT2D eigenvalue weighted by Crippen LogP contribution is -2.44. The number of hydrogen-bond acceptors (Lipinski definition) is 4. The zero-order chi connectivity index (χ0) is 14.7. The lowest BCUT2D eigenvalue weighted by atomic mass is 10.0. The van der Waals surface area contributed by atoms with Gasteiger partial charge in [0.15, 0.2) is 0 Å². The first kappa shape index (κ1) is 13.4. The highest BCUT2D eigenvalue weighted by molar-refractivity contribution is 5.89. The summed E-state index contributed by atoms with van der Waals surface area (Å²) in [6.45, 7) is 1.78. The van der Waals surface area contributed by atoms with Crippen LogP contribution in [0.1, 0.15) is 19.3 Å². The molecule has 0 spiro atoms. The Morgan fingerprint density at radius 1 is 1.48 bits per heavy atom. The zero-order valence-corrected chi connectivity index (χ0v) is 11.7. The van der Waals surface area contributed by atoms with Gasteiger partial charge in [-0.05, 0) is 25.0 Å². The van der Waals surface area contributed by atoms with Crippen LogP contribution >= 0.6 is 0 Å². The summed E-state index contributed by atoms with van der Waals surface area (Å²) in [5.41, 5.74) is 2.08. The van der Waals surface area contributed by atoms with Crippen LogP contribution in [0.25, 0.3) is 11.0 Å². The Morgan fingerprint density at radius 3 is 3.05 bits per heavy atom. The van der Waals surface area contributed by atoms with E-state index in [-0.39, 0.29) is 18.4 Å². The van der Waals surface area contributed by atoms with Gasteiger partial charge in [0.1, 0.15) is 12.1 Å². The third-order valence-corrected chi connectivity index (χ3v) is 3.88. The summed E-state index contributed by atoms with van der Waals surface area (Å²) in [5, 5.41) is 12.6. The van der Waals surface area contributed by atoms with Crippen LogP contribution in [0.5, 0.6) is 0 Å². The summed E-state index contributed by atoms with van der Waals surface area (Å²) < 4.78 is 0. The molecule has 1 aliphatic rings. The molecule has 0 bridgehead atoms. The highest BCUT2D eigenvalue weighted by Crippen LogP contribution is 2.27. The molecule has 0 radical (unpaired) electrons. The van der Waals surface area contributed by atoms with Gasteiger partial charge in [-0.2, -0.15) is 5.26 Å². The molecule has 1 saturated heterocycles. The minimum atomic E-state index is -0.173. The first-order valence-corrected chi connectivity index (χ1v) is 7.11. The topological polar surface area (TPSA) is 84.8 Å². The summed E-state index contributed by atoms with van der Waals surface area (Å²) in [4.78, 5) is 21.2. The monoisotopic (exact) mass is 283 g/mol. The number of nitrogens with zero attached hydrogens (tertiary/aromatic N) is 3. The van der Waals surface area contributed by atoms with Crippen LogP contribution < -0.4 is 10.2 Å².